The van der Waals surface area contributed by atoms with Crippen LogP contribution in [0.4, 0.5) is 0 Å². The molecule has 3 atom stereocenters. The fourth-order valence-electron chi connectivity index (χ4n) is 5.08. The van der Waals surface area contributed by atoms with Gasteiger partial charge in [0, 0.05) is 0 Å². The lowest BCUT2D eigenvalue weighted by Crippen LogP contribution is -2.61. The Hall–Kier alpha value is -1.90. The number of carboxylic acid groups (broad SMARTS) is 1. The molecule has 0 saturated heterocycles. The van der Waals surface area contributed by atoms with Crippen LogP contribution in [0.25, 0.3) is 0 Å². The van der Waals surface area contributed by atoms with Crippen molar-refractivity contribution in [2.24, 2.45) is 10.8 Å². The number of Topliss-reactive ketones (excluding diaryl/α,β-unsaturated/α-hetero) is 3. The lowest BCUT2D eigenvalue weighted by atomic mass is 9.53. The van der Waals surface area contributed by atoms with Gasteiger partial charge in [0.05, 0.1) is 24.2 Å². The number of aliphatic carboxylic acids is 1. The number of allylic oxidation sites excluding steroid dienone is 1. The minimum Gasteiger partial charge on any atom is -0.480 e. The van der Waals surface area contributed by atoms with E-state index < -0.39 is 53.3 Å². The van der Waals surface area contributed by atoms with Gasteiger partial charge in [0.1, 0.15) is 5.78 Å². The predicted molar refractivity (Wildman–Crippen MR) is 134 cm³/mol. The average molecular weight is 499 g/mol. The van der Waals surface area contributed by atoms with E-state index in [1.807, 2.05) is 12.2 Å². The normalized spacial score (nSPS) is 15.5. The monoisotopic (exact) mass is 498 g/mol. The number of hydrogen-bond donors (Lipinski definition) is 4. The van der Waals surface area contributed by atoms with Crippen LogP contribution >= 0.6 is 0 Å². The quantitative estimate of drug-likeness (QED) is 0.106. The summed E-state index contributed by atoms with van der Waals surface area (Å²) in [6.07, 6.45) is 9.86. The Morgan fingerprint density at radius 3 is 1.89 bits per heavy atom. The summed E-state index contributed by atoms with van der Waals surface area (Å²) in [6.45, 7) is 4.50. The van der Waals surface area contributed by atoms with Crippen LogP contribution in [-0.2, 0) is 19.2 Å². The topological polar surface area (TPSA) is 149 Å². The summed E-state index contributed by atoms with van der Waals surface area (Å²) in [5, 5.41) is 39.5. The molecule has 0 aromatic heterocycles. The maximum absolute atomic E-state index is 12.9. The Kier molecular flexibility index (Phi) is 15.8. The molecule has 35 heavy (non-hydrogen) atoms. The van der Waals surface area contributed by atoms with Crippen LogP contribution in [0.5, 0.6) is 0 Å². The Morgan fingerprint density at radius 1 is 0.800 bits per heavy atom. The molecule has 8 heteroatoms. The molecule has 0 aromatic rings. The van der Waals surface area contributed by atoms with E-state index >= 15 is 0 Å². The maximum atomic E-state index is 12.9. The van der Waals surface area contributed by atoms with Crippen molar-refractivity contribution < 1.29 is 39.6 Å². The third kappa shape index (κ3) is 9.24. The van der Waals surface area contributed by atoms with Gasteiger partial charge in [-0.15, -0.1) is 0 Å². The van der Waals surface area contributed by atoms with Crippen molar-refractivity contribution in [2.75, 3.05) is 6.61 Å². The van der Waals surface area contributed by atoms with E-state index in [1.54, 1.807) is 0 Å². The first kappa shape index (κ1) is 33.1. The second-order valence-electron chi connectivity index (χ2n) is 9.66. The third-order valence-electron chi connectivity index (χ3n) is 7.00. The van der Waals surface area contributed by atoms with E-state index in [1.165, 1.54) is 6.42 Å². The molecule has 0 aliphatic carbocycles. The zero-order valence-electron chi connectivity index (χ0n) is 21.9. The van der Waals surface area contributed by atoms with Crippen molar-refractivity contribution in [2.45, 2.75) is 117 Å². The van der Waals surface area contributed by atoms with Crippen LogP contribution in [0.3, 0.4) is 0 Å². The molecule has 0 aromatic carbocycles. The van der Waals surface area contributed by atoms with Crippen LogP contribution in [-0.4, -0.2) is 62.6 Å². The molecule has 8 nitrogen and oxygen atoms in total. The molecular formula is C27H46O8. The average Bonchev–Trinajstić information content (AvgIpc) is 2.77. The van der Waals surface area contributed by atoms with Crippen molar-refractivity contribution >= 4 is 23.3 Å². The fourth-order valence-corrected chi connectivity index (χ4v) is 5.08. The zero-order valence-corrected chi connectivity index (χ0v) is 21.9. The van der Waals surface area contributed by atoms with Gasteiger partial charge in [-0.25, -0.2) is 0 Å². The van der Waals surface area contributed by atoms with Gasteiger partial charge in [-0.2, -0.15) is 0 Å². The number of carbonyl (C=O) groups excluding carboxylic acids is 3. The molecular weight excluding hydrogens is 452 g/mol. The smallest absolute Gasteiger partial charge is 0.325 e. The van der Waals surface area contributed by atoms with Gasteiger partial charge in [-0.05, 0) is 59.3 Å². The summed E-state index contributed by atoms with van der Waals surface area (Å²) in [7, 11) is 0. The van der Waals surface area contributed by atoms with Crippen molar-refractivity contribution in [3.05, 3.63) is 12.2 Å². The molecule has 0 aliphatic heterocycles. The first-order chi connectivity index (χ1) is 16.4. The Labute approximate surface area is 209 Å². The van der Waals surface area contributed by atoms with Gasteiger partial charge < -0.3 is 20.4 Å². The molecule has 4 N–H and O–H groups in total. The number of carbonyl (C=O) groups is 4. The van der Waals surface area contributed by atoms with Crippen molar-refractivity contribution in [3.8, 4) is 0 Å². The van der Waals surface area contributed by atoms with E-state index in [-0.39, 0.29) is 12.5 Å². The Bertz CT molecular complexity index is 678. The van der Waals surface area contributed by atoms with Gasteiger partial charge in [0.15, 0.2) is 17.0 Å². The van der Waals surface area contributed by atoms with E-state index in [2.05, 4.69) is 6.92 Å². The number of hydrogen-bond acceptors (Lipinski definition) is 7. The standard InChI is InChI=1S/C27H46O8/c1-5-6-7-12-15-23(32)16-13-10-8-9-11-14-17-26(20(2)29,18-24(33)19-28)27(21(3)30,22(4)31)25(34)35/h10,13,23-24,28,32-33H,5-9,11-12,14-19H2,1-4H3,(H,34,35)/b13-10-. The highest BCUT2D eigenvalue weighted by molar-refractivity contribution is 6.24. The minimum atomic E-state index is -2.62. The molecule has 3 unspecified atom stereocenters. The number of aliphatic hydroxyl groups excluding tert-OH is 3. The van der Waals surface area contributed by atoms with Gasteiger partial charge in [0.25, 0.3) is 0 Å². The highest BCUT2D eigenvalue weighted by Gasteiger charge is 2.65. The second kappa shape index (κ2) is 16.7. The molecule has 0 spiro atoms. The van der Waals surface area contributed by atoms with Crippen molar-refractivity contribution in [1.29, 1.82) is 0 Å². The van der Waals surface area contributed by atoms with Gasteiger partial charge in [0.2, 0.25) is 0 Å². The van der Waals surface area contributed by atoms with Gasteiger partial charge in [-0.3, -0.25) is 19.2 Å². The molecule has 0 rings (SSSR count). The molecule has 0 bridgehead atoms. The third-order valence-corrected chi connectivity index (χ3v) is 7.00. The molecule has 0 fully saturated rings. The summed E-state index contributed by atoms with van der Waals surface area (Å²) < 4.78 is 0. The van der Waals surface area contributed by atoms with Gasteiger partial charge in [-0.1, -0.05) is 57.6 Å². The van der Waals surface area contributed by atoms with Crippen LogP contribution in [0, 0.1) is 10.8 Å². The lowest BCUT2D eigenvalue weighted by molar-refractivity contribution is -0.176. The molecule has 0 amide bonds. The summed E-state index contributed by atoms with van der Waals surface area (Å²) in [5.41, 5.74) is -4.58. The first-order valence-electron chi connectivity index (χ1n) is 12.8. The Morgan fingerprint density at radius 2 is 1.40 bits per heavy atom. The fraction of sp³-hybridized carbons (Fsp3) is 0.778. The number of carboxylic acids is 1. The molecule has 0 radical (unpaired) electrons. The second-order valence-corrected chi connectivity index (χ2v) is 9.66. The van der Waals surface area contributed by atoms with E-state index in [0.717, 1.165) is 59.3 Å². The SMILES string of the molecule is CCCCCCC(O)C/C=C\CCCCCC(CC(O)CO)(C(C)=O)C(C(C)=O)(C(C)=O)C(=O)O. The summed E-state index contributed by atoms with van der Waals surface area (Å²) in [5.74, 6) is -4.32. The zero-order chi connectivity index (χ0) is 27.1. The van der Waals surface area contributed by atoms with Crippen molar-refractivity contribution in [1.82, 2.24) is 0 Å². The van der Waals surface area contributed by atoms with Crippen LogP contribution in [0.1, 0.15) is 105 Å². The number of aliphatic hydroxyl groups is 3. The Balaban J connectivity index is 5.23. The summed E-state index contributed by atoms with van der Waals surface area (Å²) in [4.78, 5) is 50.4. The predicted octanol–water partition coefficient (Wildman–Crippen LogP) is 3.78. The lowest BCUT2D eigenvalue weighted by Gasteiger charge is -2.44. The first-order valence-corrected chi connectivity index (χ1v) is 12.8. The van der Waals surface area contributed by atoms with Crippen LogP contribution in [0.2, 0.25) is 0 Å². The molecule has 202 valence electrons. The maximum Gasteiger partial charge on any atom is 0.325 e. The number of unbranched alkanes of at least 4 members (excludes halogenated alkanes) is 6. The summed E-state index contributed by atoms with van der Waals surface area (Å²) >= 11 is 0. The van der Waals surface area contributed by atoms with Crippen LogP contribution < -0.4 is 0 Å². The highest BCUT2D eigenvalue weighted by atomic mass is 16.4. The van der Waals surface area contributed by atoms with E-state index in [4.69, 9.17) is 0 Å². The molecule has 0 heterocycles. The number of rotatable bonds is 21. The van der Waals surface area contributed by atoms with Crippen molar-refractivity contribution in [3.63, 3.8) is 0 Å². The minimum absolute atomic E-state index is 0.0783. The van der Waals surface area contributed by atoms with E-state index in [0.29, 0.717) is 19.3 Å². The van der Waals surface area contributed by atoms with Crippen LogP contribution in [0.15, 0.2) is 12.2 Å². The highest BCUT2D eigenvalue weighted by Crippen LogP contribution is 2.50. The number of ketones is 3. The van der Waals surface area contributed by atoms with Gasteiger partial charge >= 0.3 is 5.97 Å². The molecule has 0 saturated carbocycles. The summed E-state index contributed by atoms with van der Waals surface area (Å²) in [6, 6.07) is 0. The van der Waals surface area contributed by atoms with E-state index in [9.17, 15) is 39.6 Å². The largest absolute Gasteiger partial charge is 0.480 e. The molecule has 0 aliphatic rings.